The first-order valence-corrected chi connectivity index (χ1v) is 6.10. The first-order chi connectivity index (χ1) is 9.26. The second-order valence-corrected chi connectivity index (χ2v) is 4.28. The third-order valence-corrected chi connectivity index (χ3v) is 3.10. The molecule has 0 aliphatic heterocycles. The minimum atomic E-state index is -0.00450. The maximum Gasteiger partial charge on any atom is 0.0992 e. The molecule has 19 heavy (non-hydrogen) atoms. The van der Waals surface area contributed by atoms with Crippen molar-refractivity contribution in [3.8, 4) is 6.07 Å². The molecule has 2 N–H and O–H groups in total. The number of hydrogen-bond donors (Lipinski definition) is 1. The quantitative estimate of drug-likeness (QED) is 0.904. The van der Waals surface area contributed by atoms with Crippen molar-refractivity contribution < 1.29 is 0 Å². The van der Waals surface area contributed by atoms with E-state index >= 15 is 0 Å². The Labute approximate surface area is 113 Å². The van der Waals surface area contributed by atoms with Crippen LogP contribution in [-0.4, -0.2) is 18.6 Å². The lowest BCUT2D eigenvalue weighted by Gasteiger charge is -2.28. The molecule has 0 radical (unpaired) electrons. The van der Waals surface area contributed by atoms with Gasteiger partial charge in [0, 0.05) is 25.5 Å². The van der Waals surface area contributed by atoms with E-state index in [4.69, 9.17) is 11.0 Å². The lowest BCUT2D eigenvalue weighted by molar-refractivity contribution is 0.660. The smallest absolute Gasteiger partial charge is 0.0992 e. The summed E-state index contributed by atoms with van der Waals surface area (Å²) in [7, 11) is 1.96. The number of benzene rings is 1. The van der Waals surface area contributed by atoms with E-state index in [1.54, 1.807) is 12.3 Å². The molecule has 0 fully saturated rings. The largest absolute Gasteiger partial charge is 0.365 e. The van der Waals surface area contributed by atoms with Crippen LogP contribution in [0.3, 0.4) is 0 Å². The fourth-order valence-corrected chi connectivity index (χ4v) is 2.03. The van der Waals surface area contributed by atoms with E-state index in [1.165, 1.54) is 0 Å². The Hall–Kier alpha value is -2.38. The molecule has 4 heteroatoms. The van der Waals surface area contributed by atoms with Gasteiger partial charge in [-0.25, -0.2) is 0 Å². The molecule has 0 saturated carbocycles. The van der Waals surface area contributed by atoms with Gasteiger partial charge < -0.3 is 10.6 Å². The predicted molar refractivity (Wildman–Crippen MR) is 75.6 cm³/mol. The Bertz CT molecular complexity index is 574. The van der Waals surface area contributed by atoms with E-state index in [9.17, 15) is 0 Å². The Morgan fingerprint density at radius 1 is 1.32 bits per heavy atom. The number of hydrogen-bond acceptors (Lipinski definition) is 4. The summed E-state index contributed by atoms with van der Waals surface area (Å²) < 4.78 is 0. The van der Waals surface area contributed by atoms with E-state index in [2.05, 4.69) is 11.1 Å². The molecule has 1 aromatic carbocycles. The molecule has 1 unspecified atom stereocenters. The van der Waals surface area contributed by atoms with Gasteiger partial charge in [-0.3, -0.25) is 4.98 Å². The highest BCUT2D eigenvalue weighted by Gasteiger charge is 2.17. The SMILES string of the molecule is CN(c1cccc(C#N)c1)C(CN)c1ccccn1. The van der Waals surface area contributed by atoms with Crippen LogP contribution in [0.1, 0.15) is 17.3 Å². The molecule has 96 valence electrons. The van der Waals surface area contributed by atoms with Crippen LogP contribution >= 0.6 is 0 Å². The molecule has 0 bridgehead atoms. The summed E-state index contributed by atoms with van der Waals surface area (Å²) in [5, 5.41) is 8.95. The van der Waals surface area contributed by atoms with Crippen molar-refractivity contribution in [1.29, 1.82) is 5.26 Å². The van der Waals surface area contributed by atoms with Crippen molar-refractivity contribution in [1.82, 2.24) is 4.98 Å². The second-order valence-electron chi connectivity index (χ2n) is 4.28. The van der Waals surface area contributed by atoms with Crippen molar-refractivity contribution >= 4 is 5.69 Å². The van der Waals surface area contributed by atoms with Crippen molar-refractivity contribution in [2.75, 3.05) is 18.5 Å². The molecule has 4 nitrogen and oxygen atoms in total. The average molecular weight is 252 g/mol. The first-order valence-electron chi connectivity index (χ1n) is 6.10. The number of nitrogens with zero attached hydrogens (tertiary/aromatic N) is 3. The molecule has 2 aromatic rings. The van der Waals surface area contributed by atoms with Gasteiger partial charge in [-0.2, -0.15) is 5.26 Å². The van der Waals surface area contributed by atoms with Crippen LogP contribution in [0.4, 0.5) is 5.69 Å². The maximum absolute atomic E-state index is 8.95. The number of nitriles is 1. The zero-order valence-electron chi connectivity index (χ0n) is 10.8. The number of aromatic nitrogens is 1. The van der Waals surface area contributed by atoms with Crippen LogP contribution in [0.25, 0.3) is 0 Å². The van der Waals surface area contributed by atoms with Crippen molar-refractivity contribution in [2.24, 2.45) is 5.73 Å². The Kier molecular flexibility index (Phi) is 4.11. The lowest BCUT2D eigenvalue weighted by Crippen LogP contribution is -2.31. The normalized spacial score (nSPS) is 11.6. The predicted octanol–water partition coefficient (Wildman–Crippen LogP) is 2.09. The van der Waals surface area contributed by atoms with Gasteiger partial charge in [0.05, 0.1) is 23.4 Å². The second kappa shape index (κ2) is 5.98. The van der Waals surface area contributed by atoms with Crippen LogP contribution in [0.2, 0.25) is 0 Å². The number of rotatable bonds is 4. The van der Waals surface area contributed by atoms with E-state index in [0.717, 1.165) is 11.4 Å². The van der Waals surface area contributed by atoms with Crippen molar-refractivity contribution in [2.45, 2.75) is 6.04 Å². The molecule has 0 amide bonds. The molecule has 1 atom stereocenters. The summed E-state index contributed by atoms with van der Waals surface area (Å²) in [6, 6.07) is 15.4. The fourth-order valence-electron chi connectivity index (χ4n) is 2.03. The molecule has 0 spiro atoms. The van der Waals surface area contributed by atoms with Gasteiger partial charge in [0.2, 0.25) is 0 Å². The minimum Gasteiger partial charge on any atom is -0.365 e. The molecule has 0 aliphatic carbocycles. The Balaban J connectivity index is 2.31. The monoisotopic (exact) mass is 252 g/mol. The highest BCUT2D eigenvalue weighted by Crippen LogP contribution is 2.24. The number of pyridine rings is 1. The third-order valence-electron chi connectivity index (χ3n) is 3.10. The summed E-state index contributed by atoms with van der Waals surface area (Å²) in [4.78, 5) is 6.40. The molecular weight excluding hydrogens is 236 g/mol. The van der Waals surface area contributed by atoms with Crippen LogP contribution in [0, 0.1) is 11.3 Å². The van der Waals surface area contributed by atoms with E-state index in [0.29, 0.717) is 12.1 Å². The van der Waals surface area contributed by atoms with E-state index in [1.807, 2.05) is 48.3 Å². The molecule has 0 saturated heterocycles. The lowest BCUT2D eigenvalue weighted by atomic mass is 10.1. The first kappa shape index (κ1) is 13.1. The van der Waals surface area contributed by atoms with Gasteiger partial charge in [0.15, 0.2) is 0 Å². The van der Waals surface area contributed by atoms with Crippen LogP contribution in [0.15, 0.2) is 48.7 Å². The van der Waals surface area contributed by atoms with Gasteiger partial charge in [-0.05, 0) is 30.3 Å². The van der Waals surface area contributed by atoms with E-state index < -0.39 is 0 Å². The molecule has 2 rings (SSSR count). The van der Waals surface area contributed by atoms with Gasteiger partial charge in [-0.15, -0.1) is 0 Å². The van der Waals surface area contributed by atoms with Gasteiger partial charge in [0.1, 0.15) is 0 Å². The van der Waals surface area contributed by atoms with Gasteiger partial charge in [0.25, 0.3) is 0 Å². The number of nitrogens with two attached hydrogens (primary N) is 1. The van der Waals surface area contributed by atoms with Gasteiger partial charge >= 0.3 is 0 Å². The minimum absolute atomic E-state index is 0.00450. The molecule has 1 aromatic heterocycles. The van der Waals surface area contributed by atoms with Crippen LogP contribution in [-0.2, 0) is 0 Å². The number of anilines is 1. The summed E-state index contributed by atoms with van der Waals surface area (Å²) in [5.41, 5.74) is 8.39. The Morgan fingerprint density at radius 2 is 2.16 bits per heavy atom. The summed E-state index contributed by atoms with van der Waals surface area (Å²) in [6.45, 7) is 0.463. The van der Waals surface area contributed by atoms with Crippen LogP contribution < -0.4 is 10.6 Å². The Morgan fingerprint density at radius 3 is 2.79 bits per heavy atom. The summed E-state index contributed by atoms with van der Waals surface area (Å²) in [6.07, 6.45) is 1.76. The summed E-state index contributed by atoms with van der Waals surface area (Å²) >= 11 is 0. The standard InChI is InChI=1S/C15H16N4/c1-19(13-6-4-5-12(9-13)10-16)15(11-17)14-7-2-3-8-18-14/h2-9,15H,11,17H2,1H3. The molecular formula is C15H16N4. The number of likely N-dealkylation sites (N-methyl/N-ethyl adjacent to an activating group) is 1. The zero-order valence-corrected chi connectivity index (χ0v) is 10.8. The topological polar surface area (TPSA) is 65.9 Å². The summed E-state index contributed by atoms with van der Waals surface area (Å²) in [5.74, 6) is 0. The molecule has 0 aliphatic rings. The van der Waals surface area contributed by atoms with Crippen molar-refractivity contribution in [3.63, 3.8) is 0 Å². The fraction of sp³-hybridized carbons (Fsp3) is 0.200. The highest BCUT2D eigenvalue weighted by atomic mass is 15.2. The third kappa shape index (κ3) is 2.90. The average Bonchev–Trinajstić information content (AvgIpc) is 2.49. The highest BCUT2D eigenvalue weighted by molar-refractivity contribution is 5.52. The maximum atomic E-state index is 8.95. The van der Waals surface area contributed by atoms with Gasteiger partial charge in [-0.1, -0.05) is 12.1 Å². The molecule has 1 heterocycles. The van der Waals surface area contributed by atoms with Crippen molar-refractivity contribution in [3.05, 3.63) is 59.9 Å². The van der Waals surface area contributed by atoms with Crippen LogP contribution in [0.5, 0.6) is 0 Å². The van der Waals surface area contributed by atoms with E-state index in [-0.39, 0.29) is 6.04 Å². The zero-order chi connectivity index (χ0) is 13.7.